The molecule has 0 spiro atoms. The van der Waals surface area contributed by atoms with Gasteiger partial charge in [0.1, 0.15) is 29.1 Å². The minimum atomic E-state index is -2.67. The number of hydrogen-bond donors (Lipinski definition) is 5. The highest BCUT2D eigenvalue weighted by Gasteiger charge is 2.63. The van der Waals surface area contributed by atoms with Crippen molar-refractivity contribution in [1.29, 1.82) is 0 Å². The van der Waals surface area contributed by atoms with Gasteiger partial charge in [-0.15, -0.1) is 0 Å². The summed E-state index contributed by atoms with van der Waals surface area (Å²) in [5.41, 5.74) is 2.67. The number of nitrogens with two attached hydrogens (primary N) is 1. The third kappa shape index (κ3) is 3.13. The SMILES string of the molecule is NC(=O)C1C(=O)[C@@]2(O)C(=O)C3=C(O)c4c(O)ccc(-c5ccc(F)cc5F)c4C[C@H]3C[C@H]2CC1O. The van der Waals surface area contributed by atoms with Crippen molar-refractivity contribution in [3.63, 3.8) is 0 Å². The van der Waals surface area contributed by atoms with Crippen LogP contribution in [0.25, 0.3) is 16.9 Å². The second-order valence-corrected chi connectivity index (χ2v) is 9.35. The smallest absolute Gasteiger partial charge is 0.230 e. The van der Waals surface area contributed by atoms with Gasteiger partial charge in [0, 0.05) is 23.1 Å². The molecule has 2 saturated carbocycles. The minimum Gasteiger partial charge on any atom is -0.507 e. The first-order chi connectivity index (χ1) is 16.5. The van der Waals surface area contributed by atoms with Crippen LogP contribution in [0.15, 0.2) is 35.9 Å². The maximum absolute atomic E-state index is 14.6. The van der Waals surface area contributed by atoms with Crippen molar-refractivity contribution in [1.82, 2.24) is 0 Å². The maximum atomic E-state index is 14.6. The zero-order valence-electron chi connectivity index (χ0n) is 18.2. The Labute approximate surface area is 197 Å². The fraction of sp³-hybridized carbons (Fsp3) is 0.320. The molecule has 0 bridgehead atoms. The molecule has 1 amide bonds. The van der Waals surface area contributed by atoms with E-state index in [0.29, 0.717) is 11.6 Å². The third-order valence-electron chi connectivity index (χ3n) is 7.49. The first-order valence-corrected chi connectivity index (χ1v) is 11.0. The molecule has 35 heavy (non-hydrogen) atoms. The zero-order valence-corrected chi connectivity index (χ0v) is 18.2. The summed E-state index contributed by atoms with van der Waals surface area (Å²) in [7, 11) is 0. The van der Waals surface area contributed by atoms with Crippen molar-refractivity contribution in [3.8, 4) is 16.9 Å². The molecule has 0 saturated heterocycles. The highest BCUT2D eigenvalue weighted by Crippen LogP contribution is 2.52. The van der Waals surface area contributed by atoms with E-state index in [9.17, 15) is 43.6 Å². The summed E-state index contributed by atoms with van der Waals surface area (Å²) in [5, 5.41) is 43.1. The van der Waals surface area contributed by atoms with Gasteiger partial charge in [-0.05, 0) is 54.5 Å². The number of ketones is 2. The summed E-state index contributed by atoms with van der Waals surface area (Å²) in [6.07, 6.45) is -1.73. The number of carbonyl (C=O) groups is 3. The van der Waals surface area contributed by atoms with Crippen LogP contribution in [0.1, 0.15) is 24.0 Å². The number of rotatable bonds is 2. The fourth-order valence-electron chi connectivity index (χ4n) is 5.89. The first kappa shape index (κ1) is 23.1. The molecule has 0 aliphatic heterocycles. The molecule has 0 heterocycles. The Kier molecular flexibility index (Phi) is 5.08. The molecule has 8 nitrogen and oxygen atoms in total. The number of primary amides is 1. The molecule has 3 aliphatic rings. The van der Waals surface area contributed by atoms with E-state index < -0.39 is 70.1 Å². The molecule has 0 aromatic heterocycles. The van der Waals surface area contributed by atoms with Crippen molar-refractivity contribution >= 4 is 23.2 Å². The van der Waals surface area contributed by atoms with E-state index >= 15 is 0 Å². The summed E-state index contributed by atoms with van der Waals surface area (Å²) in [6, 6.07) is 5.58. The van der Waals surface area contributed by atoms with Gasteiger partial charge in [-0.3, -0.25) is 14.4 Å². The van der Waals surface area contributed by atoms with E-state index in [2.05, 4.69) is 0 Å². The molecular weight excluding hydrogens is 464 g/mol. The van der Waals surface area contributed by atoms with Crippen LogP contribution in [0.2, 0.25) is 0 Å². The van der Waals surface area contributed by atoms with Gasteiger partial charge >= 0.3 is 0 Å². The predicted octanol–water partition coefficient (Wildman–Crippen LogP) is 1.53. The number of phenols is 1. The average Bonchev–Trinajstić information content (AvgIpc) is 2.77. The summed E-state index contributed by atoms with van der Waals surface area (Å²) < 4.78 is 28.1. The lowest BCUT2D eigenvalue weighted by atomic mass is 9.56. The van der Waals surface area contributed by atoms with Gasteiger partial charge in [-0.25, -0.2) is 8.78 Å². The molecule has 182 valence electrons. The molecule has 2 fully saturated rings. The van der Waals surface area contributed by atoms with Crippen LogP contribution >= 0.6 is 0 Å². The summed E-state index contributed by atoms with van der Waals surface area (Å²) >= 11 is 0. The maximum Gasteiger partial charge on any atom is 0.230 e. The van der Waals surface area contributed by atoms with E-state index in [4.69, 9.17) is 5.73 Å². The standard InChI is InChI=1S/C25H21F2NO7/c26-11-1-2-13(15(27)8-11)12-3-4-16(29)19-14(12)6-9-5-10-7-17(30)20(24(28)34)23(33)25(10,35)22(32)18(9)21(19)31/h1-4,8-10,17,20,29-31,35H,5-7H2,(H2,28,34)/t9-,10+,17?,20?,25+/m1/s1. The number of fused-ring (bicyclic) bond motifs is 3. The molecule has 10 heteroatoms. The van der Waals surface area contributed by atoms with Crippen LogP contribution < -0.4 is 5.73 Å². The Balaban J connectivity index is 1.68. The number of Topliss-reactive ketones (excluding diaryl/α,β-unsaturated/α-hetero) is 2. The van der Waals surface area contributed by atoms with Crippen molar-refractivity contribution in [3.05, 3.63) is 58.7 Å². The normalized spacial score (nSPS) is 29.9. The Bertz CT molecular complexity index is 1350. The fourth-order valence-corrected chi connectivity index (χ4v) is 5.89. The third-order valence-corrected chi connectivity index (χ3v) is 7.49. The van der Waals surface area contributed by atoms with Gasteiger partial charge in [-0.1, -0.05) is 6.07 Å². The molecular formula is C25H21F2NO7. The van der Waals surface area contributed by atoms with Gasteiger partial charge < -0.3 is 26.2 Å². The number of aliphatic hydroxyl groups is 3. The highest BCUT2D eigenvalue weighted by atomic mass is 19.1. The van der Waals surface area contributed by atoms with E-state index in [1.165, 1.54) is 18.2 Å². The predicted molar refractivity (Wildman–Crippen MR) is 117 cm³/mol. The van der Waals surface area contributed by atoms with Crippen LogP contribution in [0.3, 0.4) is 0 Å². The first-order valence-electron chi connectivity index (χ1n) is 11.0. The molecule has 5 atom stereocenters. The molecule has 0 radical (unpaired) electrons. The van der Waals surface area contributed by atoms with Gasteiger partial charge in [0.15, 0.2) is 11.4 Å². The number of halogens is 2. The van der Waals surface area contributed by atoms with E-state index in [-0.39, 0.29) is 41.5 Å². The molecule has 3 aliphatic carbocycles. The Morgan fingerprint density at radius 1 is 1.06 bits per heavy atom. The quantitative estimate of drug-likeness (QED) is 0.404. The molecule has 5 rings (SSSR count). The van der Waals surface area contributed by atoms with Crippen molar-refractivity contribution < 1.29 is 43.6 Å². The number of hydrogen-bond acceptors (Lipinski definition) is 7. The number of benzene rings is 2. The number of aromatic hydroxyl groups is 1. The van der Waals surface area contributed by atoms with Gasteiger partial charge in [0.25, 0.3) is 0 Å². The number of aliphatic hydroxyl groups excluding tert-OH is 2. The van der Waals surface area contributed by atoms with Crippen LogP contribution in [0, 0.1) is 29.4 Å². The van der Waals surface area contributed by atoms with Crippen molar-refractivity contribution in [2.75, 3.05) is 0 Å². The zero-order chi connectivity index (χ0) is 25.4. The van der Waals surface area contributed by atoms with Gasteiger partial charge in [0.2, 0.25) is 11.7 Å². The van der Waals surface area contributed by atoms with Crippen LogP contribution in [-0.4, -0.2) is 49.6 Å². The van der Waals surface area contributed by atoms with Crippen LogP contribution in [-0.2, 0) is 20.8 Å². The van der Waals surface area contributed by atoms with E-state index in [1.54, 1.807) is 0 Å². The average molecular weight is 485 g/mol. The number of amides is 1. The molecule has 2 aromatic carbocycles. The lowest BCUT2D eigenvalue weighted by molar-refractivity contribution is -0.174. The topological polar surface area (TPSA) is 158 Å². The monoisotopic (exact) mass is 485 g/mol. The van der Waals surface area contributed by atoms with E-state index in [1.807, 2.05) is 0 Å². The van der Waals surface area contributed by atoms with Crippen molar-refractivity contribution in [2.24, 2.45) is 23.5 Å². The van der Waals surface area contributed by atoms with Gasteiger partial charge in [0.05, 0.1) is 11.7 Å². The summed E-state index contributed by atoms with van der Waals surface area (Å²) in [4.78, 5) is 38.2. The Hall–Kier alpha value is -3.63. The van der Waals surface area contributed by atoms with Crippen molar-refractivity contribution in [2.45, 2.75) is 31.0 Å². The van der Waals surface area contributed by atoms with Crippen LogP contribution in [0.4, 0.5) is 8.78 Å². The largest absolute Gasteiger partial charge is 0.507 e. The minimum absolute atomic E-state index is 0.0175. The summed E-state index contributed by atoms with van der Waals surface area (Å²) in [5.74, 6) is -9.85. The lowest BCUT2D eigenvalue weighted by Crippen LogP contribution is -2.66. The van der Waals surface area contributed by atoms with Gasteiger partial charge in [-0.2, -0.15) is 0 Å². The molecule has 2 aromatic rings. The number of phenolic OH excluding ortho intramolecular Hbond substituents is 1. The Morgan fingerprint density at radius 3 is 2.40 bits per heavy atom. The van der Waals surface area contributed by atoms with Crippen LogP contribution in [0.5, 0.6) is 5.75 Å². The second kappa shape index (κ2) is 7.69. The van der Waals surface area contributed by atoms with E-state index in [0.717, 1.165) is 6.07 Å². The second-order valence-electron chi connectivity index (χ2n) is 9.35. The summed E-state index contributed by atoms with van der Waals surface area (Å²) in [6.45, 7) is 0. The highest BCUT2D eigenvalue weighted by molar-refractivity contribution is 6.24. The molecule has 2 unspecified atom stereocenters. The molecule has 6 N–H and O–H groups in total. The lowest BCUT2D eigenvalue weighted by Gasteiger charge is -2.48. The Morgan fingerprint density at radius 2 is 1.74 bits per heavy atom. The number of carbonyl (C=O) groups excluding carboxylic acids is 3.